The van der Waals surface area contributed by atoms with E-state index in [1.54, 1.807) is 0 Å². The van der Waals surface area contributed by atoms with Crippen molar-refractivity contribution >= 4 is 31.9 Å². The minimum atomic E-state index is 0.410. The Kier molecular flexibility index (Phi) is 1.14. The molecule has 2 nitrogen and oxygen atoms in total. The van der Waals surface area contributed by atoms with Crippen LogP contribution in [0.5, 0.6) is 0 Å². The fourth-order valence-corrected chi connectivity index (χ4v) is 3.37. The topological polar surface area (TPSA) is 25.1 Å². The van der Waals surface area contributed by atoms with Gasteiger partial charge in [-0.3, -0.25) is 0 Å². The highest BCUT2D eigenvalue weighted by Gasteiger charge is 2.67. The van der Waals surface area contributed by atoms with Crippen molar-refractivity contribution in [2.75, 3.05) is 0 Å². The van der Waals surface area contributed by atoms with E-state index in [4.69, 9.17) is 9.47 Å². The fourth-order valence-electron chi connectivity index (χ4n) is 1.67. The number of hydrogen-bond acceptors (Lipinski definition) is 2. The summed E-state index contributed by atoms with van der Waals surface area (Å²) in [5.41, 5.74) is 0. The lowest BCUT2D eigenvalue weighted by Crippen LogP contribution is -2.32. The van der Waals surface area contributed by atoms with Gasteiger partial charge in [0.15, 0.2) is 0 Å². The third-order valence-electron chi connectivity index (χ3n) is 2.38. The van der Waals surface area contributed by atoms with Crippen molar-refractivity contribution in [1.29, 1.82) is 0 Å². The van der Waals surface area contributed by atoms with E-state index in [0.717, 1.165) is 0 Å². The molecule has 2 aliphatic heterocycles. The van der Waals surface area contributed by atoms with Crippen molar-refractivity contribution in [3.05, 3.63) is 0 Å². The summed E-state index contributed by atoms with van der Waals surface area (Å²) in [6.07, 6.45) is 1.64. The van der Waals surface area contributed by atoms with Gasteiger partial charge < -0.3 is 9.47 Å². The van der Waals surface area contributed by atoms with Gasteiger partial charge in [0.05, 0.1) is 9.65 Å². The maximum absolute atomic E-state index is 5.43. The molecule has 2 saturated heterocycles. The normalized spacial score (nSPS) is 70.2. The molecule has 0 spiro atoms. The quantitative estimate of drug-likeness (QED) is 0.485. The van der Waals surface area contributed by atoms with E-state index < -0.39 is 0 Å². The lowest BCUT2D eigenvalue weighted by Gasteiger charge is -2.09. The number of fused-ring (bicyclic) bond motifs is 2. The predicted octanol–water partition coefficient (Wildman–Crippen LogP) is 1.06. The van der Waals surface area contributed by atoms with E-state index in [0.29, 0.717) is 34.1 Å². The van der Waals surface area contributed by atoms with Crippen molar-refractivity contribution < 1.29 is 9.47 Å². The van der Waals surface area contributed by atoms with Gasteiger partial charge in [-0.25, -0.2) is 0 Å². The van der Waals surface area contributed by atoms with Gasteiger partial charge in [-0.1, -0.05) is 31.9 Å². The molecule has 3 rings (SSSR count). The Balaban J connectivity index is 1.88. The molecule has 0 aromatic rings. The molecular weight excluding hydrogens is 264 g/mol. The van der Waals surface area contributed by atoms with Crippen molar-refractivity contribution in [2.45, 2.75) is 34.1 Å². The van der Waals surface area contributed by atoms with Crippen LogP contribution in [0.3, 0.4) is 0 Å². The third kappa shape index (κ3) is 0.661. The van der Waals surface area contributed by atoms with Crippen LogP contribution in [-0.2, 0) is 9.47 Å². The first-order valence-electron chi connectivity index (χ1n) is 3.38. The van der Waals surface area contributed by atoms with Crippen LogP contribution in [0.15, 0.2) is 0 Å². The van der Waals surface area contributed by atoms with E-state index in [1.165, 1.54) is 0 Å². The van der Waals surface area contributed by atoms with Crippen molar-refractivity contribution in [3.63, 3.8) is 0 Å². The monoisotopic (exact) mass is 268 g/mol. The largest absolute Gasteiger partial charge is 0.367 e. The van der Waals surface area contributed by atoms with E-state index in [-0.39, 0.29) is 0 Å². The van der Waals surface area contributed by atoms with E-state index in [9.17, 15) is 0 Å². The van der Waals surface area contributed by atoms with Crippen LogP contribution in [0, 0.1) is 0 Å². The van der Waals surface area contributed by atoms with Crippen molar-refractivity contribution in [3.8, 4) is 0 Å². The summed E-state index contributed by atoms with van der Waals surface area (Å²) in [7, 11) is 0. The van der Waals surface area contributed by atoms with Gasteiger partial charge in [0.1, 0.15) is 24.4 Å². The average Bonchev–Trinajstić information content (AvgIpc) is 2.77. The second-order valence-electron chi connectivity index (χ2n) is 3.02. The third-order valence-corrected chi connectivity index (χ3v) is 4.46. The minimum Gasteiger partial charge on any atom is -0.367 e. The summed E-state index contributed by atoms with van der Waals surface area (Å²) >= 11 is 7.12. The summed E-state index contributed by atoms with van der Waals surface area (Å²) in [4.78, 5) is 0.882. The Morgan fingerprint density at radius 2 is 1.00 bits per heavy atom. The van der Waals surface area contributed by atoms with Crippen LogP contribution in [0.2, 0.25) is 0 Å². The molecule has 0 N–H and O–H groups in total. The molecule has 10 heavy (non-hydrogen) atoms. The highest BCUT2D eigenvalue weighted by Crippen LogP contribution is 2.52. The van der Waals surface area contributed by atoms with Crippen molar-refractivity contribution in [1.82, 2.24) is 0 Å². The maximum Gasteiger partial charge on any atom is 0.100 e. The molecule has 6 atom stereocenters. The van der Waals surface area contributed by atoms with Crippen LogP contribution < -0.4 is 0 Å². The standard InChI is InChI=1S/C6H6Br2O2/c7-1-3-5(9-3)2(8)6-4(1)10-6/h1-6H/t1?,2?,3-,4+,5+,6-. The molecule has 0 radical (unpaired) electrons. The predicted molar refractivity (Wildman–Crippen MR) is 42.8 cm³/mol. The highest BCUT2D eigenvalue weighted by atomic mass is 79.9. The Morgan fingerprint density at radius 1 is 0.700 bits per heavy atom. The summed E-state index contributed by atoms with van der Waals surface area (Å²) in [5, 5.41) is 0. The number of hydrogen-bond donors (Lipinski definition) is 0. The molecule has 0 bridgehead atoms. The SMILES string of the molecule is BrC1[C@H]2O[C@H]2C(Br)[C@H]2O[C@@H]12. The summed E-state index contributed by atoms with van der Waals surface area (Å²) in [5.74, 6) is 0. The average molecular weight is 270 g/mol. The van der Waals surface area contributed by atoms with Gasteiger partial charge in [-0.15, -0.1) is 0 Å². The van der Waals surface area contributed by atoms with Gasteiger partial charge in [-0.05, 0) is 0 Å². The number of epoxide rings is 2. The van der Waals surface area contributed by atoms with Crippen LogP contribution in [0.4, 0.5) is 0 Å². The van der Waals surface area contributed by atoms with Crippen LogP contribution in [-0.4, -0.2) is 34.1 Å². The Hall–Kier alpha value is 0.880. The number of halogens is 2. The molecule has 3 aliphatic rings. The molecule has 1 aliphatic carbocycles. The van der Waals surface area contributed by atoms with E-state index in [2.05, 4.69) is 31.9 Å². The Morgan fingerprint density at radius 3 is 1.30 bits per heavy atom. The first-order chi connectivity index (χ1) is 4.79. The molecule has 56 valence electrons. The molecule has 2 unspecified atom stereocenters. The Labute approximate surface area is 75.5 Å². The molecule has 0 aromatic carbocycles. The summed E-state index contributed by atoms with van der Waals surface area (Å²) in [6.45, 7) is 0. The Bertz CT molecular complexity index is 151. The zero-order valence-corrected chi connectivity index (χ0v) is 8.21. The van der Waals surface area contributed by atoms with Gasteiger partial charge in [0.2, 0.25) is 0 Å². The molecule has 1 saturated carbocycles. The van der Waals surface area contributed by atoms with E-state index >= 15 is 0 Å². The summed E-state index contributed by atoms with van der Waals surface area (Å²) < 4.78 is 10.9. The first kappa shape index (κ1) is 6.40. The fraction of sp³-hybridized carbons (Fsp3) is 1.00. The van der Waals surface area contributed by atoms with Gasteiger partial charge >= 0.3 is 0 Å². The van der Waals surface area contributed by atoms with Crippen LogP contribution >= 0.6 is 31.9 Å². The second-order valence-corrected chi connectivity index (χ2v) is 5.13. The first-order valence-corrected chi connectivity index (χ1v) is 5.21. The van der Waals surface area contributed by atoms with Crippen LogP contribution in [0.25, 0.3) is 0 Å². The lowest BCUT2D eigenvalue weighted by molar-refractivity contribution is 0.305. The van der Waals surface area contributed by atoms with Gasteiger partial charge in [-0.2, -0.15) is 0 Å². The van der Waals surface area contributed by atoms with Gasteiger partial charge in [0.25, 0.3) is 0 Å². The zero-order chi connectivity index (χ0) is 6.88. The molecule has 4 heteroatoms. The number of ether oxygens (including phenoxy) is 2. The maximum atomic E-state index is 5.43. The lowest BCUT2D eigenvalue weighted by atomic mass is 10.0. The molecule has 2 heterocycles. The van der Waals surface area contributed by atoms with E-state index in [1.807, 2.05) is 0 Å². The second kappa shape index (κ2) is 1.79. The minimum absolute atomic E-state index is 0.410. The molecular formula is C6H6Br2O2. The zero-order valence-electron chi connectivity index (χ0n) is 5.04. The van der Waals surface area contributed by atoms with Gasteiger partial charge in [0, 0.05) is 0 Å². The number of rotatable bonds is 0. The molecule has 3 fully saturated rings. The molecule has 0 aromatic heterocycles. The highest BCUT2D eigenvalue weighted by molar-refractivity contribution is 9.10. The number of alkyl halides is 2. The molecule has 0 amide bonds. The van der Waals surface area contributed by atoms with Crippen LogP contribution in [0.1, 0.15) is 0 Å². The van der Waals surface area contributed by atoms with Crippen molar-refractivity contribution in [2.24, 2.45) is 0 Å². The smallest absolute Gasteiger partial charge is 0.100 e. The summed E-state index contributed by atoms with van der Waals surface area (Å²) in [6, 6.07) is 0.